The van der Waals surface area contributed by atoms with Crippen molar-refractivity contribution in [2.75, 3.05) is 25.4 Å². The van der Waals surface area contributed by atoms with E-state index in [1.54, 1.807) is 12.1 Å². The number of fused-ring (bicyclic) bond motifs is 1. The standard InChI is InChI=1S/C15H19N3O6S2/c16-6-8-24-10-1-3-11(4-2-10)25-9-13(19)17-7-5-12-14(17)15(20)18(12)26(21,22)23/h1-4,12,14H,5-9,16H2,(H,21,22,23)/t12-,14+/m1/s1. The van der Waals surface area contributed by atoms with E-state index < -0.39 is 28.3 Å². The predicted molar refractivity (Wildman–Crippen MR) is 94.0 cm³/mol. The molecule has 11 heteroatoms. The fourth-order valence-electron chi connectivity index (χ4n) is 3.13. The Morgan fingerprint density at radius 1 is 1.35 bits per heavy atom. The molecule has 142 valence electrons. The number of nitrogens with zero attached hydrogens (tertiary/aromatic N) is 2. The van der Waals surface area contributed by atoms with Crippen molar-refractivity contribution in [3.8, 4) is 5.75 Å². The molecule has 2 fully saturated rings. The quantitative estimate of drug-likeness (QED) is 0.363. The molecule has 1 aromatic rings. The van der Waals surface area contributed by atoms with Crippen molar-refractivity contribution in [3.05, 3.63) is 24.3 Å². The molecular weight excluding hydrogens is 382 g/mol. The van der Waals surface area contributed by atoms with Gasteiger partial charge in [-0.05, 0) is 30.7 Å². The van der Waals surface area contributed by atoms with Gasteiger partial charge < -0.3 is 15.4 Å². The Balaban J connectivity index is 1.54. The summed E-state index contributed by atoms with van der Waals surface area (Å²) in [5.41, 5.74) is 5.37. The molecule has 26 heavy (non-hydrogen) atoms. The molecule has 2 atom stereocenters. The highest BCUT2D eigenvalue weighted by atomic mass is 32.2. The number of β-lactam (4-membered cyclic amide) rings is 1. The minimum absolute atomic E-state index is 0.130. The highest BCUT2D eigenvalue weighted by Crippen LogP contribution is 2.36. The van der Waals surface area contributed by atoms with Crippen LogP contribution in [0.3, 0.4) is 0 Å². The molecular formula is C15H19N3O6S2. The lowest BCUT2D eigenvalue weighted by Crippen LogP contribution is -2.68. The molecule has 9 nitrogen and oxygen atoms in total. The lowest BCUT2D eigenvalue weighted by Gasteiger charge is -2.42. The van der Waals surface area contributed by atoms with Crippen molar-refractivity contribution in [2.45, 2.75) is 23.4 Å². The van der Waals surface area contributed by atoms with Crippen molar-refractivity contribution in [1.29, 1.82) is 0 Å². The first kappa shape index (κ1) is 19.0. The van der Waals surface area contributed by atoms with E-state index in [-0.39, 0.29) is 11.7 Å². The summed E-state index contributed by atoms with van der Waals surface area (Å²) in [6.45, 7) is 1.15. The maximum Gasteiger partial charge on any atom is 0.362 e. The summed E-state index contributed by atoms with van der Waals surface area (Å²) in [7, 11) is -4.56. The van der Waals surface area contributed by atoms with Crippen molar-refractivity contribution in [3.63, 3.8) is 0 Å². The van der Waals surface area contributed by atoms with Crippen LogP contribution in [-0.2, 0) is 19.9 Å². The van der Waals surface area contributed by atoms with Crippen LogP contribution in [0.2, 0.25) is 0 Å². The van der Waals surface area contributed by atoms with Gasteiger partial charge in [0.15, 0.2) is 0 Å². The van der Waals surface area contributed by atoms with Gasteiger partial charge in [-0.3, -0.25) is 14.1 Å². The number of thioether (sulfide) groups is 1. The third kappa shape index (κ3) is 3.65. The summed E-state index contributed by atoms with van der Waals surface area (Å²) in [6.07, 6.45) is 0.333. The smallest absolute Gasteiger partial charge is 0.362 e. The molecule has 3 rings (SSSR count). The van der Waals surface area contributed by atoms with Crippen LogP contribution in [0.25, 0.3) is 0 Å². The zero-order valence-corrected chi connectivity index (χ0v) is 15.4. The molecule has 0 bridgehead atoms. The molecule has 0 spiro atoms. The molecule has 0 saturated carbocycles. The van der Waals surface area contributed by atoms with E-state index in [4.69, 9.17) is 15.0 Å². The maximum atomic E-state index is 12.4. The van der Waals surface area contributed by atoms with E-state index in [1.165, 1.54) is 16.7 Å². The van der Waals surface area contributed by atoms with Crippen LogP contribution in [0.1, 0.15) is 6.42 Å². The minimum Gasteiger partial charge on any atom is -0.492 e. The number of carbonyl (C=O) groups is 2. The molecule has 2 aliphatic heterocycles. The minimum atomic E-state index is -4.56. The lowest BCUT2D eigenvalue weighted by atomic mass is 10.0. The van der Waals surface area contributed by atoms with Crippen molar-refractivity contribution < 1.29 is 27.3 Å². The number of ether oxygens (including phenoxy) is 1. The van der Waals surface area contributed by atoms with Gasteiger partial charge in [-0.15, -0.1) is 11.8 Å². The molecule has 0 aromatic heterocycles. The van der Waals surface area contributed by atoms with E-state index in [9.17, 15) is 18.0 Å². The monoisotopic (exact) mass is 401 g/mol. The predicted octanol–water partition coefficient (Wildman–Crippen LogP) is -0.269. The SMILES string of the molecule is NCCOc1ccc(SCC(=O)N2CC[C@@H]3[C@H]2C(=O)N3S(=O)(=O)O)cc1. The van der Waals surface area contributed by atoms with Gasteiger partial charge in [-0.1, -0.05) is 0 Å². The van der Waals surface area contributed by atoms with Crippen molar-refractivity contribution in [2.24, 2.45) is 5.73 Å². The second-order valence-corrected chi connectivity index (χ2v) is 8.23. The zero-order chi connectivity index (χ0) is 18.9. The summed E-state index contributed by atoms with van der Waals surface area (Å²) in [5.74, 6) is -0.173. The highest BCUT2D eigenvalue weighted by Gasteiger charge is 2.59. The summed E-state index contributed by atoms with van der Waals surface area (Å²) < 4.78 is 37.3. The molecule has 1 aromatic carbocycles. The van der Waals surface area contributed by atoms with Crippen molar-refractivity contribution >= 4 is 33.9 Å². The Hall–Kier alpha value is -1.82. The third-order valence-corrected chi connectivity index (χ3v) is 6.22. The average molecular weight is 401 g/mol. The van der Waals surface area contributed by atoms with Crippen LogP contribution in [0, 0.1) is 0 Å². The molecule has 0 aliphatic carbocycles. The fourth-order valence-corrected chi connectivity index (χ4v) is 4.82. The summed E-state index contributed by atoms with van der Waals surface area (Å²) in [6, 6.07) is 5.76. The molecule has 2 heterocycles. The number of hydrogen-bond acceptors (Lipinski definition) is 7. The van der Waals surface area contributed by atoms with Gasteiger partial charge in [0, 0.05) is 18.0 Å². The number of hydrogen-bond donors (Lipinski definition) is 2. The molecule has 0 unspecified atom stereocenters. The molecule has 2 saturated heterocycles. The molecule has 0 radical (unpaired) electrons. The second-order valence-electron chi connectivity index (χ2n) is 5.90. The van der Waals surface area contributed by atoms with Gasteiger partial charge in [0.1, 0.15) is 18.4 Å². The summed E-state index contributed by atoms with van der Waals surface area (Å²) in [5, 5.41) is 0. The Morgan fingerprint density at radius 2 is 2.04 bits per heavy atom. The molecule has 2 amide bonds. The fraction of sp³-hybridized carbons (Fsp3) is 0.467. The number of amides is 2. The van der Waals surface area contributed by atoms with Gasteiger partial charge in [0.05, 0.1) is 11.8 Å². The first-order valence-corrected chi connectivity index (χ1v) is 10.4. The molecule has 3 N–H and O–H groups in total. The van der Waals surface area contributed by atoms with E-state index in [2.05, 4.69) is 0 Å². The van der Waals surface area contributed by atoms with E-state index in [1.807, 2.05) is 12.1 Å². The summed E-state index contributed by atoms with van der Waals surface area (Å²) in [4.78, 5) is 26.6. The van der Waals surface area contributed by atoms with Crippen LogP contribution in [0.15, 0.2) is 29.2 Å². The Kier molecular flexibility index (Phi) is 5.42. The van der Waals surface area contributed by atoms with Crippen LogP contribution < -0.4 is 10.5 Å². The second kappa shape index (κ2) is 7.43. The van der Waals surface area contributed by atoms with E-state index in [0.717, 1.165) is 4.90 Å². The Labute approximate surface area is 155 Å². The van der Waals surface area contributed by atoms with Gasteiger partial charge in [-0.2, -0.15) is 8.42 Å². The van der Waals surface area contributed by atoms with Gasteiger partial charge in [-0.25, -0.2) is 4.31 Å². The van der Waals surface area contributed by atoms with Crippen LogP contribution in [0.4, 0.5) is 0 Å². The Morgan fingerprint density at radius 3 is 2.65 bits per heavy atom. The number of carbonyl (C=O) groups excluding carboxylic acids is 2. The van der Waals surface area contributed by atoms with Crippen molar-refractivity contribution in [1.82, 2.24) is 9.21 Å². The lowest BCUT2D eigenvalue weighted by molar-refractivity contribution is -0.150. The summed E-state index contributed by atoms with van der Waals surface area (Å²) >= 11 is 1.32. The first-order chi connectivity index (χ1) is 12.3. The van der Waals surface area contributed by atoms with E-state index in [0.29, 0.717) is 36.2 Å². The van der Waals surface area contributed by atoms with Gasteiger partial charge >= 0.3 is 10.3 Å². The number of likely N-dealkylation sites (tertiary alicyclic amines) is 1. The maximum absolute atomic E-state index is 12.4. The van der Waals surface area contributed by atoms with Gasteiger partial charge in [0.25, 0.3) is 5.91 Å². The van der Waals surface area contributed by atoms with Gasteiger partial charge in [0.2, 0.25) is 5.91 Å². The van der Waals surface area contributed by atoms with Crippen LogP contribution in [-0.4, -0.2) is 71.5 Å². The van der Waals surface area contributed by atoms with Crippen LogP contribution in [0.5, 0.6) is 5.75 Å². The topological polar surface area (TPSA) is 130 Å². The first-order valence-electron chi connectivity index (χ1n) is 7.99. The number of benzene rings is 1. The van der Waals surface area contributed by atoms with E-state index >= 15 is 0 Å². The average Bonchev–Trinajstić information content (AvgIpc) is 2.96. The van der Waals surface area contributed by atoms with Crippen LogP contribution >= 0.6 is 11.8 Å². The number of nitrogens with two attached hydrogens (primary N) is 1. The zero-order valence-electron chi connectivity index (χ0n) is 13.8. The normalized spacial score (nSPS) is 22.2. The Bertz CT molecular complexity index is 798. The largest absolute Gasteiger partial charge is 0.492 e. The number of rotatable bonds is 7. The third-order valence-electron chi connectivity index (χ3n) is 4.28. The highest BCUT2D eigenvalue weighted by molar-refractivity contribution is 8.00. The molecule has 2 aliphatic rings.